The van der Waals surface area contributed by atoms with Crippen molar-refractivity contribution in [3.8, 4) is 0 Å². The van der Waals surface area contributed by atoms with Crippen LogP contribution in [0.2, 0.25) is 0 Å². The van der Waals surface area contributed by atoms with Crippen molar-refractivity contribution < 1.29 is 23.0 Å². The Balaban J connectivity index is 2.51. The summed E-state index contributed by atoms with van der Waals surface area (Å²) in [7, 11) is -3.36. The number of hydrogen-bond donors (Lipinski definition) is 2. The zero-order chi connectivity index (χ0) is 15.8. The third kappa shape index (κ3) is 3.55. The summed E-state index contributed by atoms with van der Waals surface area (Å²) in [6, 6.07) is 4.25. The summed E-state index contributed by atoms with van der Waals surface area (Å²) in [5.41, 5.74) is 0.667. The van der Waals surface area contributed by atoms with Gasteiger partial charge in [-0.05, 0) is 36.6 Å². The van der Waals surface area contributed by atoms with E-state index in [0.29, 0.717) is 5.52 Å². The van der Waals surface area contributed by atoms with E-state index in [9.17, 15) is 18.6 Å². The van der Waals surface area contributed by atoms with E-state index in [2.05, 4.69) is 17.2 Å². The zero-order valence-electron chi connectivity index (χ0n) is 10.8. The first kappa shape index (κ1) is 15.8. The molecule has 9 heteroatoms. The third-order valence-electron chi connectivity index (χ3n) is 2.78. The molecule has 0 aliphatic carbocycles. The number of thiocarbonyl (C=S) groups is 2. The van der Waals surface area contributed by atoms with Crippen molar-refractivity contribution in [2.45, 2.75) is 17.2 Å². The van der Waals surface area contributed by atoms with Gasteiger partial charge in [-0.2, -0.15) is 0 Å². The first-order chi connectivity index (χ1) is 9.68. The topological polar surface area (TPSA) is 101 Å². The molecule has 1 unspecified atom stereocenters. The quantitative estimate of drug-likeness (QED) is 0.797. The van der Waals surface area contributed by atoms with Crippen LogP contribution in [0.15, 0.2) is 27.5 Å². The van der Waals surface area contributed by atoms with E-state index < -0.39 is 20.8 Å². The van der Waals surface area contributed by atoms with Gasteiger partial charge in [-0.25, -0.2) is 13.4 Å². The monoisotopic (exact) mass is 345 g/mol. The average molecular weight is 345 g/mol. The zero-order valence-corrected chi connectivity index (χ0v) is 13.3. The molecule has 0 radical (unpaired) electrons. The SMILES string of the molecule is CS(=O)(=O)c1ccc2nc(C(CC(O)=S)C(O)=S)oc2c1. The van der Waals surface area contributed by atoms with Crippen molar-refractivity contribution in [2.24, 2.45) is 0 Å². The highest BCUT2D eigenvalue weighted by molar-refractivity contribution is 7.90. The molecule has 0 saturated carbocycles. The minimum absolute atomic E-state index is 0.0690. The number of hydrogen-bond acceptors (Lipinski definition) is 6. The van der Waals surface area contributed by atoms with Gasteiger partial charge in [0.1, 0.15) is 11.4 Å². The highest BCUT2D eigenvalue weighted by Crippen LogP contribution is 2.27. The summed E-state index contributed by atoms with van der Waals surface area (Å²) < 4.78 is 28.4. The van der Waals surface area contributed by atoms with Crippen LogP contribution in [-0.2, 0) is 9.84 Å². The average Bonchev–Trinajstić information content (AvgIpc) is 2.76. The Kier molecular flexibility index (Phi) is 4.26. The lowest BCUT2D eigenvalue weighted by atomic mass is 10.1. The molecule has 0 aliphatic rings. The van der Waals surface area contributed by atoms with E-state index >= 15 is 0 Å². The molecular formula is C12H11NO5S3. The maximum atomic E-state index is 11.5. The highest BCUT2D eigenvalue weighted by atomic mass is 32.2. The number of aliphatic hydroxyl groups is 2. The fourth-order valence-electron chi connectivity index (χ4n) is 1.76. The number of sulfone groups is 1. The highest BCUT2D eigenvalue weighted by Gasteiger charge is 2.24. The van der Waals surface area contributed by atoms with Gasteiger partial charge in [0.25, 0.3) is 0 Å². The van der Waals surface area contributed by atoms with Gasteiger partial charge in [-0.1, -0.05) is 0 Å². The number of oxazole rings is 1. The summed E-state index contributed by atoms with van der Waals surface area (Å²) >= 11 is 9.27. The number of nitrogens with zero attached hydrogens (tertiary/aromatic N) is 1. The number of benzene rings is 1. The van der Waals surface area contributed by atoms with Crippen molar-refractivity contribution in [3.63, 3.8) is 0 Å². The van der Waals surface area contributed by atoms with E-state index in [1.165, 1.54) is 18.2 Å². The van der Waals surface area contributed by atoms with E-state index in [1.807, 2.05) is 0 Å². The molecule has 0 fully saturated rings. The van der Waals surface area contributed by atoms with Gasteiger partial charge < -0.3 is 14.6 Å². The third-order valence-corrected chi connectivity index (χ3v) is 4.34. The summed E-state index contributed by atoms with van der Waals surface area (Å²) in [5, 5.41) is 17.9. The molecule has 1 aromatic heterocycles. The van der Waals surface area contributed by atoms with Crippen molar-refractivity contribution in [3.05, 3.63) is 24.1 Å². The molecule has 112 valence electrons. The molecule has 1 atom stereocenters. The van der Waals surface area contributed by atoms with Crippen molar-refractivity contribution in [1.29, 1.82) is 0 Å². The standard InChI is InChI=1S/C12H11NO5S3/c1-21(16,17)6-2-3-8-9(4-6)18-11(13-8)7(12(15)20)5-10(14)19/h2-4,7H,5H2,1H3,(H,14,19)(H,15,20). The molecular weight excluding hydrogens is 334 g/mol. The van der Waals surface area contributed by atoms with Crippen LogP contribution in [0.3, 0.4) is 0 Å². The van der Waals surface area contributed by atoms with Gasteiger partial charge in [0, 0.05) is 18.7 Å². The Morgan fingerprint density at radius 1 is 1.38 bits per heavy atom. The van der Waals surface area contributed by atoms with Crippen LogP contribution in [0.5, 0.6) is 0 Å². The lowest BCUT2D eigenvalue weighted by Crippen LogP contribution is -2.13. The molecule has 1 aromatic carbocycles. The lowest BCUT2D eigenvalue weighted by molar-refractivity contribution is 0.458. The van der Waals surface area contributed by atoms with Gasteiger partial charge in [-0.3, -0.25) is 0 Å². The maximum Gasteiger partial charge on any atom is 0.207 e. The number of aliphatic hydroxyl groups excluding tert-OH is 2. The maximum absolute atomic E-state index is 11.5. The van der Waals surface area contributed by atoms with Gasteiger partial charge in [0.05, 0.1) is 4.90 Å². The van der Waals surface area contributed by atoms with Crippen LogP contribution >= 0.6 is 24.4 Å². The van der Waals surface area contributed by atoms with Gasteiger partial charge in [0.2, 0.25) is 5.89 Å². The second-order valence-electron chi connectivity index (χ2n) is 4.44. The fourth-order valence-corrected chi connectivity index (χ4v) is 2.74. The first-order valence-electron chi connectivity index (χ1n) is 5.73. The molecule has 0 saturated heterocycles. The minimum atomic E-state index is -3.36. The number of rotatable bonds is 5. The normalized spacial score (nSPS) is 13.2. The Bertz CT molecular complexity index is 825. The summed E-state index contributed by atoms with van der Waals surface area (Å²) in [6.07, 6.45) is 0.984. The van der Waals surface area contributed by atoms with Gasteiger partial charge in [-0.15, -0.1) is 0 Å². The van der Waals surface area contributed by atoms with Crippen molar-refractivity contribution in [1.82, 2.24) is 4.98 Å². The molecule has 0 spiro atoms. The minimum Gasteiger partial charge on any atom is -0.502 e. The molecule has 0 amide bonds. The van der Waals surface area contributed by atoms with Crippen LogP contribution in [-0.4, -0.2) is 40.0 Å². The van der Waals surface area contributed by atoms with E-state index in [4.69, 9.17) is 16.6 Å². The van der Waals surface area contributed by atoms with Crippen LogP contribution < -0.4 is 0 Å². The summed E-state index contributed by atoms with van der Waals surface area (Å²) in [5.74, 6) is -0.786. The molecule has 0 aliphatic heterocycles. The molecule has 2 rings (SSSR count). The fraction of sp³-hybridized carbons (Fsp3) is 0.250. The predicted octanol–water partition coefficient (Wildman–Crippen LogP) is 2.48. The Hall–Kier alpha value is -1.58. The van der Waals surface area contributed by atoms with Crippen LogP contribution in [0.4, 0.5) is 0 Å². The molecule has 6 nitrogen and oxygen atoms in total. The second kappa shape index (κ2) is 5.66. The number of aromatic nitrogens is 1. The van der Waals surface area contributed by atoms with Crippen LogP contribution in [0.25, 0.3) is 11.1 Å². The smallest absolute Gasteiger partial charge is 0.207 e. The molecule has 2 N–H and O–H groups in total. The van der Waals surface area contributed by atoms with Crippen LogP contribution in [0, 0.1) is 0 Å². The van der Waals surface area contributed by atoms with Gasteiger partial charge >= 0.3 is 0 Å². The van der Waals surface area contributed by atoms with Gasteiger partial charge in [0.15, 0.2) is 25.5 Å². The van der Waals surface area contributed by atoms with Crippen LogP contribution in [0.1, 0.15) is 18.2 Å². The van der Waals surface area contributed by atoms with Crippen molar-refractivity contribution in [2.75, 3.05) is 6.26 Å². The van der Waals surface area contributed by atoms with E-state index in [1.54, 1.807) is 0 Å². The number of fused-ring (bicyclic) bond motifs is 1. The molecule has 1 heterocycles. The Morgan fingerprint density at radius 2 is 2.05 bits per heavy atom. The van der Waals surface area contributed by atoms with Crippen molar-refractivity contribution >= 4 is 55.5 Å². The summed E-state index contributed by atoms with van der Waals surface area (Å²) in [6.45, 7) is 0. The molecule has 21 heavy (non-hydrogen) atoms. The van der Waals surface area contributed by atoms with E-state index in [0.717, 1.165) is 6.26 Å². The first-order valence-corrected chi connectivity index (χ1v) is 8.44. The largest absolute Gasteiger partial charge is 0.502 e. The Labute approximate surface area is 131 Å². The van der Waals surface area contributed by atoms with E-state index in [-0.39, 0.29) is 27.8 Å². The summed E-state index contributed by atoms with van der Waals surface area (Å²) in [4.78, 5) is 4.23. The molecule has 0 bridgehead atoms. The Morgan fingerprint density at radius 3 is 2.57 bits per heavy atom. The predicted molar refractivity (Wildman–Crippen MR) is 84.9 cm³/mol. The molecule has 2 aromatic rings. The second-order valence-corrected chi connectivity index (χ2v) is 7.35. The lowest BCUT2D eigenvalue weighted by Gasteiger charge is -2.07.